The summed E-state index contributed by atoms with van der Waals surface area (Å²) in [4.78, 5) is -1.50. The van der Waals surface area contributed by atoms with Crippen molar-refractivity contribution in [3.8, 4) is 5.75 Å². The molecule has 1 aliphatic rings. The molecule has 2 aromatic carbocycles. The summed E-state index contributed by atoms with van der Waals surface area (Å²) in [5.41, 5.74) is -0.815. The first-order valence-corrected chi connectivity index (χ1v) is 9.99. The molecule has 3 rings (SSSR count). The Hall–Kier alpha value is -2.06. The van der Waals surface area contributed by atoms with E-state index in [1.807, 2.05) is 0 Å². The van der Waals surface area contributed by atoms with E-state index in [2.05, 4.69) is 5.32 Å². The predicted octanol–water partition coefficient (Wildman–Crippen LogP) is 3.88. The molecule has 1 aliphatic heterocycles. The normalized spacial score (nSPS) is 20.2. The highest BCUT2D eigenvalue weighted by atomic mass is 32.2. The van der Waals surface area contributed by atoms with Crippen LogP contribution >= 0.6 is 0 Å². The van der Waals surface area contributed by atoms with Gasteiger partial charge in [0.05, 0.1) is 10.5 Å². The quantitative estimate of drug-likeness (QED) is 0.829. The molecule has 146 valence electrons. The summed E-state index contributed by atoms with van der Waals surface area (Å²) in [5, 5.41) is 3.12. The first-order chi connectivity index (χ1) is 12.6. The molecule has 8 heteroatoms. The lowest BCUT2D eigenvalue weighted by Crippen LogP contribution is -2.49. The summed E-state index contributed by atoms with van der Waals surface area (Å²) in [6, 6.07) is 12.0. The minimum Gasteiger partial charge on any atom is -0.471 e. The van der Waals surface area contributed by atoms with Crippen molar-refractivity contribution < 1.29 is 26.3 Å². The lowest BCUT2D eigenvalue weighted by molar-refractivity contribution is -0.137. The van der Waals surface area contributed by atoms with Gasteiger partial charge < -0.3 is 10.1 Å². The summed E-state index contributed by atoms with van der Waals surface area (Å²) in [5.74, 6) is -0.262. The van der Waals surface area contributed by atoms with Crippen molar-refractivity contribution in [1.29, 1.82) is 0 Å². The van der Waals surface area contributed by atoms with E-state index in [4.69, 9.17) is 4.74 Å². The van der Waals surface area contributed by atoms with Crippen LogP contribution in [-0.4, -0.2) is 26.4 Å². The van der Waals surface area contributed by atoms with Gasteiger partial charge in [-0.1, -0.05) is 18.2 Å². The van der Waals surface area contributed by atoms with E-state index in [1.54, 1.807) is 18.2 Å². The Bertz CT molecular complexity index is 877. The van der Waals surface area contributed by atoms with Crippen molar-refractivity contribution >= 4 is 9.84 Å². The standard InChI is InChI=1S/C19H20F3NO3S/c1-18(15-11-12-23-13-15,27(24,25)17-5-3-2-4-6-17)26-16-9-7-14(8-10-16)19(20,21)22/h2-10,15,23H,11-13H2,1H3/t15?,18-/m0/s1. The van der Waals surface area contributed by atoms with Crippen molar-refractivity contribution in [3.05, 3.63) is 60.2 Å². The van der Waals surface area contributed by atoms with Crippen molar-refractivity contribution in [2.45, 2.75) is 29.3 Å². The van der Waals surface area contributed by atoms with Crippen LogP contribution in [0.5, 0.6) is 5.75 Å². The summed E-state index contributed by atoms with van der Waals surface area (Å²) in [6.07, 6.45) is -3.88. The largest absolute Gasteiger partial charge is 0.471 e. The molecule has 1 heterocycles. The van der Waals surface area contributed by atoms with Gasteiger partial charge in [-0.15, -0.1) is 0 Å². The van der Waals surface area contributed by atoms with Crippen LogP contribution in [0.15, 0.2) is 59.5 Å². The number of benzene rings is 2. The molecule has 0 amide bonds. The molecule has 0 bridgehead atoms. The minimum atomic E-state index is -4.46. The molecule has 1 N–H and O–H groups in total. The number of rotatable bonds is 5. The molecule has 2 atom stereocenters. The number of ether oxygens (including phenoxy) is 1. The van der Waals surface area contributed by atoms with Crippen molar-refractivity contribution in [3.63, 3.8) is 0 Å². The molecule has 0 spiro atoms. The number of alkyl halides is 3. The molecule has 4 nitrogen and oxygen atoms in total. The van der Waals surface area contributed by atoms with E-state index >= 15 is 0 Å². The summed E-state index contributed by atoms with van der Waals surface area (Å²) >= 11 is 0. The average Bonchev–Trinajstić information content (AvgIpc) is 3.17. The third-order valence-electron chi connectivity index (χ3n) is 4.89. The van der Waals surface area contributed by atoms with Crippen LogP contribution < -0.4 is 10.1 Å². The van der Waals surface area contributed by atoms with E-state index < -0.39 is 26.5 Å². The van der Waals surface area contributed by atoms with E-state index in [9.17, 15) is 21.6 Å². The van der Waals surface area contributed by atoms with Gasteiger partial charge in [0.25, 0.3) is 0 Å². The fourth-order valence-electron chi connectivity index (χ4n) is 3.24. The van der Waals surface area contributed by atoms with Crippen molar-refractivity contribution in [2.24, 2.45) is 5.92 Å². The van der Waals surface area contributed by atoms with E-state index in [0.29, 0.717) is 19.5 Å². The van der Waals surface area contributed by atoms with E-state index in [0.717, 1.165) is 24.3 Å². The topological polar surface area (TPSA) is 55.4 Å². The third kappa shape index (κ3) is 3.82. The van der Waals surface area contributed by atoms with Gasteiger partial charge in [-0.3, -0.25) is 0 Å². The van der Waals surface area contributed by atoms with Crippen LogP contribution in [0.25, 0.3) is 0 Å². The summed E-state index contributed by atoms with van der Waals surface area (Å²) in [6.45, 7) is 2.59. The molecular formula is C19H20F3NO3S. The fraction of sp³-hybridized carbons (Fsp3) is 0.368. The molecule has 27 heavy (non-hydrogen) atoms. The number of hydrogen-bond acceptors (Lipinski definition) is 4. The SMILES string of the molecule is C[C@@](Oc1ccc(C(F)(F)F)cc1)(C1CCNC1)S(=O)(=O)c1ccccc1. The molecule has 0 aromatic heterocycles. The lowest BCUT2D eigenvalue weighted by Gasteiger charge is -2.35. The molecule has 1 fully saturated rings. The molecule has 2 aromatic rings. The van der Waals surface area contributed by atoms with Crippen LogP contribution in [0.1, 0.15) is 18.9 Å². The second-order valence-corrected chi connectivity index (χ2v) is 8.94. The number of nitrogens with one attached hydrogen (secondary N) is 1. The van der Waals surface area contributed by atoms with Gasteiger partial charge in [0.2, 0.25) is 14.8 Å². The van der Waals surface area contributed by atoms with Gasteiger partial charge in [-0.05, 0) is 56.3 Å². The Balaban J connectivity index is 1.99. The first-order valence-electron chi connectivity index (χ1n) is 8.51. The maximum atomic E-state index is 13.3. The van der Waals surface area contributed by atoms with Crippen LogP contribution in [0.4, 0.5) is 13.2 Å². The zero-order chi connectivity index (χ0) is 19.7. The van der Waals surface area contributed by atoms with Crippen LogP contribution in [-0.2, 0) is 16.0 Å². The van der Waals surface area contributed by atoms with Gasteiger partial charge in [0.1, 0.15) is 5.75 Å². The molecule has 1 saturated heterocycles. The number of sulfone groups is 1. The maximum absolute atomic E-state index is 13.3. The van der Waals surface area contributed by atoms with E-state index in [1.165, 1.54) is 19.1 Å². The zero-order valence-electron chi connectivity index (χ0n) is 14.7. The minimum absolute atomic E-state index is 0.0805. The van der Waals surface area contributed by atoms with Gasteiger partial charge >= 0.3 is 6.18 Å². The lowest BCUT2D eigenvalue weighted by atomic mass is 10.0. The summed E-state index contributed by atoms with van der Waals surface area (Å²) in [7, 11) is -3.91. The summed E-state index contributed by atoms with van der Waals surface area (Å²) < 4.78 is 70.9. The Morgan fingerprint density at radius 1 is 1.04 bits per heavy atom. The Kier molecular flexibility index (Phi) is 5.22. The predicted molar refractivity (Wildman–Crippen MR) is 95.1 cm³/mol. The first kappa shape index (κ1) is 19.7. The molecule has 0 saturated carbocycles. The van der Waals surface area contributed by atoms with Gasteiger partial charge in [-0.2, -0.15) is 13.2 Å². The van der Waals surface area contributed by atoms with Gasteiger partial charge in [-0.25, -0.2) is 8.42 Å². The fourth-order valence-corrected chi connectivity index (χ4v) is 5.07. The van der Waals surface area contributed by atoms with Crippen molar-refractivity contribution in [2.75, 3.05) is 13.1 Å². The van der Waals surface area contributed by atoms with Crippen molar-refractivity contribution in [1.82, 2.24) is 5.32 Å². The highest BCUT2D eigenvalue weighted by Crippen LogP contribution is 2.38. The molecular weight excluding hydrogens is 379 g/mol. The zero-order valence-corrected chi connectivity index (χ0v) is 15.5. The second kappa shape index (κ2) is 7.16. The Morgan fingerprint density at radius 2 is 1.67 bits per heavy atom. The smallest absolute Gasteiger partial charge is 0.416 e. The average molecular weight is 399 g/mol. The Morgan fingerprint density at radius 3 is 2.19 bits per heavy atom. The van der Waals surface area contributed by atoms with Gasteiger partial charge in [0, 0.05) is 12.5 Å². The molecule has 0 radical (unpaired) electrons. The molecule has 1 unspecified atom stereocenters. The monoisotopic (exact) mass is 399 g/mol. The third-order valence-corrected chi connectivity index (χ3v) is 7.27. The van der Waals surface area contributed by atoms with Crippen LogP contribution in [0, 0.1) is 5.92 Å². The Labute approximate surface area is 156 Å². The molecule has 0 aliphatic carbocycles. The number of halogens is 3. The van der Waals surface area contributed by atoms with Gasteiger partial charge in [0.15, 0.2) is 0 Å². The highest BCUT2D eigenvalue weighted by Gasteiger charge is 2.50. The van der Waals surface area contributed by atoms with Crippen LogP contribution in [0.2, 0.25) is 0 Å². The number of hydrogen-bond donors (Lipinski definition) is 1. The van der Waals surface area contributed by atoms with E-state index in [-0.39, 0.29) is 16.6 Å². The maximum Gasteiger partial charge on any atom is 0.416 e. The van der Waals surface area contributed by atoms with Crippen LogP contribution in [0.3, 0.4) is 0 Å². The second-order valence-electron chi connectivity index (χ2n) is 6.65. The highest BCUT2D eigenvalue weighted by molar-refractivity contribution is 7.92.